The standard InChI is InChI=1S/C20H21ClN6O2S2/c21-19-17(30-20(25-19)24-15-7-3-1-4-8-15)14-23-26-18-10-9-16(13-22-18)31(28,29)27-11-5-2-6-12-27/h1,3-4,7-10,13-14H,2,5-6,11-12H2,(H,22,26)(H,24,25)/b23-14+. The highest BCUT2D eigenvalue weighted by molar-refractivity contribution is 7.89. The van der Waals surface area contributed by atoms with Gasteiger partial charge in [0.05, 0.1) is 11.1 Å². The summed E-state index contributed by atoms with van der Waals surface area (Å²) in [5, 5.41) is 8.32. The van der Waals surface area contributed by atoms with Gasteiger partial charge < -0.3 is 5.32 Å². The van der Waals surface area contributed by atoms with Crippen molar-refractivity contribution in [3.05, 3.63) is 58.7 Å². The molecule has 0 radical (unpaired) electrons. The van der Waals surface area contributed by atoms with E-state index < -0.39 is 10.0 Å². The van der Waals surface area contributed by atoms with Crippen LogP contribution in [0.25, 0.3) is 0 Å². The minimum atomic E-state index is -3.50. The Morgan fingerprint density at radius 1 is 1.10 bits per heavy atom. The molecular formula is C20H21ClN6O2S2. The minimum absolute atomic E-state index is 0.186. The molecule has 8 nitrogen and oxygen atoms in total. The molecule has 1 aliphatic heterocycles. The summed E-state index contributed by atoms with van der Waals surface area (Å²) in [7, 11) is -3.50. The van der Waals surface area contributed by atoms with Crippen molar-refractivity contribution in [2.45, 2.75) is 24.2 Å². The second kappa shape index (κ2) is 9.73. The Hall–Kier alpha value is -2.53. The van der Waals surface area contributed by atoms with E-state index in [1.807, 2.05) is 30.3 Å². The molecule has 1 aromatic carbocycles. The zero-order chi connectivity index (χ0) is 21.7. The zero-order valence-corrected chi connectivity index (χ0v) is 18.9. The van der Waals surface area contributed by atoms with Gasteiger partial charge >= 0.3 is 0 Å². The van der Waals surface area contributed by atoms with Crippen molar-refractivity contribution in [1.29, 1.82) is 0 Å². The van der Waals surface area contributed by atoms with Gasteiger partial charge in [0, 0.05) is 25.0 Å². The predicted octanol–water partition coefficient (Wildman–Crippen LogP) is 4.56. The lowest BCUT2D eigenvalue weighted by Gasteiger charge is -2.25. The van der Waals surface area contributed by atoms with Crippen LogP contribution in [0.15, 0.2) is 58.7 Å². The number of hydrogen-bond acceptors (Lipinski definition) is 8. The molecule has 1 fully saturated rings. The van der Waals surface area contributed by atoms with Crippen LogP contribution in [-0.2, 0) is 10.0 Å². The lowest BCUT2D eigenvalue weighted by atomic mass is 10.2. The van der Waals surface area contributed by atoms with E-state index in [2.05, 4.69) is 25.8 Å². The molecule has 0 aliphatic carbocycles. The summed E-state index contributed by atoms with van der Waals surface area (Å²) in [5.74, 6) is 0.428. The highest BCUT2D eigenvalue weighted by atomic mass is 35.5. The Morgan fingerprint density at radius 3 is 2.58 bits per heavy atom. The summed E-state index contributed by atoms with van der Waals surface area (Å²) in [5.41, 5.74) is 3.70. The van der Waals surface area contributed by atoms with Gasteiger partial charge in [0.25, 0.3) is 0 Å². The number of aromatic nitrogens is 2. The van der Waals surface area contributed by atoms with E-state index in [4.69, 9.17) is 11.6 Å². The number of anilines is 3. The Morgan fingerprint density at radius 2 is 1.87 bits per heavy atom. The largest absolute Gasteiger partial charge is 0.331 e. The molecule has 0 spiro atoms. The van der Waals surface area contributed by atoms with E-state index in [0.29, 0.717) is 34.1 Å². The fourth-order valence-corrected chi connectivity index (χ4v) is 5.61. The summed E-state index contributed by atoms with van der Waals surface area (Å²) in [4.78, 5) is 9.31. The number of nitrogens with zero attached hydrogens (tertiary/aromatic N) is 4. The smallest absolute Gasteiger partial charge is 0.244 e. The molecule has 2 aromatic heterocycles. The molecular weight excluding hydrogens is 456 g/mol. The van der Waals surface area contributed by atoms with E-state index in [-0.39, 0.29) is 4.90 Å². The van der Waals surface area contributed by atoms with Crippen molar-refractivity contribution in [3.8, 4) is 0 Å². The van der Waals surface area contributed by atoms with Crippen molar-refractivity contribution >= 4 is 55.8 Å². The number of hydrazone groups is 1. The maximum Gasteiger partial charge on any atom is 0.244 e. The third-order valence-electron chi connectivity index (χ3n) is 4.68. The van der Waals surface area contributed by atoms with Gasteiger partial charge in [0.15, 0.2) is 10.3 Å². The highest BCUT2D eigenvalue weighted by Gasteiger charge is 2.26. The fraction of sp³-hybridized carbons (Fsp3) is 0.250. The Bertz CT molecular complexity index is 1140. The van der Waals surface area contributed by atoms with Gasteiger partial charge in [0.1, 0.15) is 10.7 Å². The van der Waals surface area contributed by atoms with Gasteiger partial charge in [0.2, 0.25) is 10.0 Å². The Balaban J connectivity index is 1.38. The number of thiazole rings is 1. The van der Waals surface area contributed by atoms with Crippen LogP contribution >= 0.6 is 22.9 Å². The molecule has 0 amide bonds. The summed E-state index contributed by atoms with van der Waals surface area (Å²) >= 11 is 7.55. The molecule has 3 aromatic rings. The van der Waals surface area contributed by atoms with Crippen LogP contribution in [0.2, 0.25) is 5.15 Å². The van der Waals surface area contributed by atoms with Crippen molar-refractivity contribution in [1.82, 2.24) is 14.3 Å². The lowest BCUT2D eigenvalue weighted by Crippen LogP contribution is -2.35. The van der Waals surface area contributed by atoms with E-state index in [1.165, 1.54) is 27.9 Å². The van der Waals surface area contributed by atoms with Crippen LogP contribution in [0.5, 0.6) is 0 Å². The molecule has 1 aliphatic rings. The first-order valence-corrected chi connectivity index (χ1v) is 12.4. The van der Waals surface area contributed by atoms with Crippen LogP contribution in [-0.4, -0.2) is 42.0 Å². The van der Waals surface area contributed by atoms with E-state index in [1.54, 1.807) is 12.3 Å². The van der Waals surface area contributed by atoms with Crippen LogP contribution in [0.3, 0.4) is 0 Å². The SMILES string of the molecule is O=S(=O)(c1ccc(N/N=C/c2sc(Nc3ccccc3)nc2Cl)nc1)N1CCCCC1. The average molecular weight is 477 g/mol. The predicted molar refractivity (Wildman–Crippen MR) is 125 cm³/mol. The lowest BCUT2D eigenvalue weighted by molar-refractivity contribution is 0.346. The third-order valence-corrected chi connectivity index (χ3v) is 7.87. The molecule has 1 saturated heterocycles. The number of halogens is 1. The van der Waals surface area contributed by atoms with E-state index >= 15 is 0 Å². The van der Waals surface area contributed by atoms with Crippen molar-refractivity contribution < 1.29 is 8.42 Å². The van der Waals surface area contributed by atoms with Gasteiger partial charge in [-0.1, -0.05) is 47.6 Å². The zero-order valence-electron chi connectivity index (χ0n) is 16.5. The molecule has 31 heavy (non-hydrogen) atoms. The number of para-hydroxylation sites is 1. The molecule has 0 unspecified atom stereocenters. The number of pyridine rings is 1. The van der Waals surface area contributed by atoms with Gasteiger partial charge in [-0.15, -0.1) is 0 Å². The minimum Gasteiger partial charge on any atom is -0.331 e. The van der Waals surface area contributed by atoms with Gasteiger partial charge in [-0.2, -0.15) is 9.41 Å². The molecule has 3 heterocycles. The number of nitrogens with one attached hydrogen (secondary N) is 2. The molecule has 0 atom stereocenters. The highest BCUT2D eigenvalue weighted by Crippen LogP contribution is 2.28. The topological polar surface area (TPSA) is 99.6 Å². The number of benzene rings is 1. The Labute approximate surface area is 190 Å². The number of sulfonamides is 1. The Kier molecular flexibility index (Phi) is 6.81. The third kappa shape index (κ3) is 5.40. The van der Waals surface area contributed by atoms with Crippen LogP contribution < -0.4 is 10.7 Å². The summed E-state index contributed by atoms with van der Waals surface area (Å²) in [6, 6.07) is 12.8. The molecule has 4 rings (SSSR count). The monoisotopic (exact) mass is 476 g/mol. The van der Waals surface area contributed by atoms with Gasteiger partial charge in [-0.05, 0) is 37.1 Å². The number of piperidine rings is 1. The van der Waals surface area contributed by atoms with Crippen LogP contribution in [0.4, 0.5) is 16.6 Å². The fourth-order valence-electron chi connectivity index (χ4n) is 3.10. The summed E-state index contributed by atoms with van der Waals surface area (Å²) < 4.78 is 26.9. The van der Waals surface area contributed by atoms with Gasteiger partial charge in [-0.25, -0.2) is 18.4 Å². The molecule has 0 bridgehead atoms. The van der Waals surface area contributed by atoms with Crippen molar-refractivity contribution in [2.24, 2.45) is 5.10 Å². The van der Waals surface area contributed by atoms with Crippen LogP contribution in [0, 0.1) is 0 Å². The van der Waals surface area contributed by atoms with E-state index in [9.17, 15) is 8.42 Å². The number of rotatable bonds is 7. The van der Waals surface area contributed by atoms with Crippen molar-refractivity contribution in [3.63, 3.8) is 0 Å². The second-order valence-electron chi connectivity index (χ2n) is 6.88. The summed E-state index contributed by atoms with van der Waals surface area (Å²) in [6.07, 6.45) is 5.76. The average Bonchev–Trinajstić information content (AvgIpc) is 3.14. The first-order chi connectivity index (χ1) is 15.0. The van der Waals surface area contributed by atoms with Gasteiger partial charge in [-0.3, -0.25) is 5.43 Å². The maximum absolute atomic E-state index is 12.7. The summed E-state index contributed by atoms with van der Waals surface area (Å²) in [6.45, 7) is 1.12. The first-order valence-electron chi connectivity index (χ1n) is 9.76. The molecule has 162 valence electrons. The first kappa shape index (κ1) is 21.7. The maximum atomic E-state index is 12.7. The molecule has 2 N–H and O–H groups in total. The molecule has 0 saturated carbocycles. The second-order valence-corrected chi connectivity index (χ2v) is 10.2. The van der Waals surface area contributed by atoms with E-state index in [0.717, 1.165) is 24.9 Å². The van der Waals surface area contributed by atoms with Crippen molar-refractivity contribution in [2.75, 3.05) is 23.8 Å². The van der Waals surface area contributed by atoms with Crippen LogP contribution in [0.1, 0.15) is 24.1 Å². The number of hydrogen-bond donors (Lipinski definition) is 2. The molecule has 11 heteroatoms. The normalized spacial score (nSPS) is 15.3. The quantitative estimate of drug-likeness (QED) is 0.383.